The number of benzene rings is 1. The normalized spacial score (nSPS) is 13.3. The number of halogens is 1. The molecule has 0 saturated heterocycles. The van der Waals surface area contributed by atoms with Gasteiger partial charge in [0.25, 0.3) is 0 Å². The van der Waals surface area contributed by atoms with Gasteiger partial charge in [-0.3, -0.25) is 0 Å². The Labute approximate surface area is 85.9 Å². The molecule has 0 saturated carbocycles. The van der Waals surface area contributed by atoms with Gasteiger partial charge in [0.1, 0.15) is 0 Å². The Morgan fingerprint density at radius 1 is 1.23 bits per heavy atom. The second-order valence-corrected chi connectivity index (χ2v) is 4.25. The molecule has 1 atom stereocenters. The molecule has 71 valence electrons. The fourth-order valence-electron chi connectivity index (χ4n) is 1.18. The van der Waals surface area contributed by atoms with Crippen molar-refractivity contribution in [3.8, 4) is 0 Å². The highest BCUT2D eigenvalue weighted by atomic mass is 35.5. The Kier molecular flexibility index (Phi) is 3.80. The molecule has 13 heavy (non-hydrogen) atoms. The third kappa shape index (κ3) is 3.40. The third-order valence-corrected chi connectivity index (χ3v) is 2.69. The molecule has 1 unspecified atom stereocenters. The summed E-state index contributed by atoms with van der Waals surface area (Å²) in [6.07, 6.45) is 1.11. The zero-order valence-electron chi connectivity index (χ0n) is 8.47. The predicted molar refractivity (Wildman–Crippen MR) is 58.9 cm³/mol. The van der Waals surface area contributed by atoms with Gasteiger partial charge in [0.15, 0.2) is 0 Å². The molecule has 0 aromatic heterocycles. The maximum Gasteiger partial charge on any atom is 0.0406 e. The van der Waals surface area contributed by atoms with Crippen LogP contribution >= 0.6 is 11.6 Å². The molecule has 0 N–H and O–H groups in total. The highest BCUT2D eigenvalue weighted by molar-refractivity contribution is 6.30. The summed E-state index contributed by atoms with van der Waals surface area (Å²) in [7, 11) is 0. The molecule has 1 aromatic rings. The zero-order chi connectivity index (χ0) is 9.84. The molecule has 0 nitrogen and oxygen atoms in total. The van der Waals surface area contributed by atoms with Crippen molar-refractivity contribution >= 4 is 11.6 Å². The highest BCUT2D eigenvalue weighted by Gasteiger charge is 2.07. The van der Waals surface area contributed by atoms with E-state index in [-0.39, 0.29) is 0 Å². The van der Waals surface area contributed by atoms with Crippen molar-refractivity contribution in [3.63, 3.8) is 0 Å². The second-order valence-electron chi connectivity index (χ2n) is 3.81. The van der Waals surface area contributed by atoms with Crippen molar-refractivity contribution in [3.05, 3.63) is 40.8 Å². The standard InChI is InChI=1S/C12H16Cl/c1-9(2)10(3)8-11-4-6-12(13)7-5-11/h4-7,10H,8H2,1-3H3. The zero-order valence-corrected chi connectivity index (χ0v) is 9.23. The molecule has 1 rings (SSSR count). The van der Waals surface area contributed by atoms with Gasteiger partial charge in [-0.05, 0) is 36.0 Å². The van der Waals surface area contributed by atoms with Crippen molar-refractivity contribution in [2.24, 2.45) is 5.92 Å². The van der Waals surface area contributed by atoms with Gasteiger partial charge in [-0.15, -0.1) is 0 Å². The first-order valence-corrected chi connectivity index (χ1v) is 5.02. The monoisotopic (exact) mass is 195 g/mol. The van der Waals surface area contributed by atoms with Crippen LogP contribution in [0.5, 0.6) is 0 Å². The fourth-order valence-corrected chi connectivity index (χ4v) is 1.30. The highest BCUT2D eigenvalue weighted by Crippen LogP contribution is 2.19. The van der Waals surface area contributed by atoms with Crippen molar-refractivity contribution in [1.82, 2.24) is 0 Å². The lowest BCUT2D eigenvalue weighted by atomic mass is 9.91. The third-order valence-electron chi connectivity index (χ3n) is 2.44. The Bertz CT molecular complexity index is 248. The van der Waals surface area contributed by atoms with E-state index in [4.69, 9.17) is 11.6 Å². The van der Waals surface area contributed by atoms with E-state index in [2.05, 4.69) is 32.9 Å². The number of rotatable bonds is 3. The van der Waals surface area contributed by atoms with Gasteiger partial charge >= 0.3 is 0 Å². The van der Waals surface area contributed by atoms with Crippen LogP contribution in [-0.4, -0.2) is 0 Å². The SMILES string of the molecule is C[C](C)C(C)Cc1ccc(Cl)cc1. The van der Waals surface area contributed by atoms with E-state index in [1.54, 1.807) is 0 Å². The largest absolute Gasteiger partial charge is 0.0843 e. The van der Waals surface area contributed by atoms with Crippen LogP contribution in [0.1, 0.15) is 26.3 Å². The molecule has 0 aliphatic rings. The van der Waals surface area contributed by atoms with Crippen LogP contribution < -0.4 is 0 Å². The molecule has 0 spiro atoms. The average Bonchev–Trinajstić information content (AvgIpc) is 2.08. The molecular weight excluding hydrogens is 180 g/mol. The Morgan fingerprint density at radius 2 is 1.77 bits per heavy atom. The topological polar surface area (TPSA) is 0 Å². The molecule has 1 heteroatoms. The van der Waals surface area contributed by atoms with Crippen LogP contribution in [0, 0.1) is 11.8 Å². The van der Waals surface area contributed by atoms with Crippen molar-refractivity contribution in [2.75, 3.05) is 0 Å². The minimum absolute atomic E-state index is 0.654. The second kappa shape index (κ2) is 4.66. The van der Waals surface area contributed by atoms with E-state index in [0.717, 1.165) is 11.4 Å². The van der Waals surface area contributed by atoms with E-state index in [9.17, 15) is 0 Å². The van der Waals surface area contributed by atoms with E-state index >= 15 is 0 Å². The Morgan fingerprint density at radius 3 is 2.23 bits per heavy atom. The van der Waals surface area contributed by atoms with Crippen molar-refractivity contribution in [2.45, 2.75) is 27.2 Å². The van der Waals surface area contributed by atoms with Crippen molar-refractivity contribution < 1.29 is 0 Å². The molecular formula is C12H16Cl. The predicted octanol–water partition coefficient (Wildman–Crippen LogP) is 4.13. The van der Waals surface area contributed by atoms with E-state index < -0.39 is 0 Å². The lowest BCUT2D eigenvalue weighted by molar-refractivity contribution is 0.600. The lowest BCUT2D eigenvalue weighted by Crippen LogP contribution is -2.05. The van der Waals surface area contributed by atoms with Gasteiger partial charge in [0.05, 0.1) is 0 Å². The Balaban J connectivity index is 2.59. The quantitative estimate of drug-likeness (QED) is 0.681. The van der Waals surface area contributed by atoms with E-state index in [1.807, 2.05) is 12.1 Å². The molecule has 0 fully saturated rings. The molecule has 1 radical (unpaired) electrons. The van der Waals surface area contributed by atoms with Gasteiger partial charge in [0, 0.05) is 5.02 Å². The first-order chi connectivity index (χ1) is 6.09. The van der Waals surface area contributed by atoms with E-state index in [1.165, 1.54) is 11.5 Å². The fraction of sp³-hybridized carbons (Fsp3) is 0.417. The van der Waals surface area contributed by atoms with Crippen molar-refractivity contribution in [1.29, 1.82) is 0 Å². The summed E-state index contributed by atoms with van der Waals surface area (Å²) in [5, 5.41) is 0.814. The molecule has 0 aliphatic heterocycles. The summed E-state index contributed by atoms with van der Waals surface area (Å²) in [6, 6.07) is 8.10. The smallest absolute Gasteiger partial charge is 0.0406 e. The summed E-state index contributed by atoms with van der Waals surface area (Å²) in [5.74, 6) is 2.14. The van der Waals surface area contributed by atoms with Crippen LogP contribution in [0.4, 0.5) is 0 Å². The van der Waals surface area contributed by atoms with Crippen LogP contribution in [0.3, 0.4) is 0 Å². The molecule has 1 aromatic carbocycles. The lowest BCUT2D eigenvalue weighted by Gasteiger charge is -2.14. The van der Waals surface area contributed by atoms with Crippen LogP contribution in [0.2, 0.25) is 5.02 Å². The maximum absolute atomic E-state index is 5.81. The average molecular weight is 196 g/mol. The summed E-state index contributed by atoms with van der Waals surface area (Å²) < 4.78 is 0. The number of hydrogen-bond donors (Lipinski definition) is 0. The minimum Gasteiger partial charge on any atom is -0.0843 e. The summed E-state index contributed by atoms with van der Waals surface area (Å²) >= 11 is 5.81. The minimum atomic E-state index is 0.654. The molecule has 0 amide bonds. The summed E-state index contributed by atoms with van der Waals surface area (Å²) in [4.78, 5) is 0. The van der Waals surface area contributed by atoms with Gasteiger partial charge in [-0.1, -0.05) is 44.5 Å². The van der Waals surface area contributed by atoms with Crippen LogP contribution in [-0.2, 0) is 6.42 Å². The first kappa shape index (κ1) is 10.6. The van der Waals surface area contributed by atoms with Gasteiger partial charge in [0.2, 0.25) is 0 Å². The van der Waals surface area contributed by atoms with E-state index in [0.29, 0.717) is 5.92 Å². The number of hydrogen-bond acceptors (Lipinski definition) is 0. The summed E-state index contributed by atoms with van der Waals surface area (Å²) in [6.45, 7) is 6.62. The van der Waals surface area contributed by atoms with Gasteiger partial charge in [-0.2, -0.15) is 0 Å². The Hall–Kier alpha value is -0.490. The van der Waals surface area contributed by atoms with Gasteiger partial charge < -0.3 is 0 Å². The van der Waals surface area contributed by atoms with Gasteiger partial charge in [-0.25, -0.2) is 0 Å². The van der Waals surface area contributed by atoms with Crippen LogP contribution in [0.25, 0.3) is 0 Å². The maximum atomic E-state index is 5.81. The first-order valence-electron chi connectivity index (χ1n) is 4.64. The molecule has 0 bridgehead atoms. The molecule has 0 aliphatic carbocycles. The summed E-state index contributed by atoms with van der Waals surface area (Å²) in [5.41, 5.74) is 1.36. The molecule has 0 heterocycles. The van der Waals surface area contributed by atoms with Crippen LogP contribution in [0.15, 0.2) is 24.3 Å².